The second-order valence-corrected chi connectivity index (χ2v) is 6.01. The normalized spacial score (nSPS) is 19.3. The molecule has 1 aliphatic heterocycles. The number of fused-ring (bicyclic) bond motifs is 1. The Balaban J connectivity index is 1.86. The van der Waals surface area contributed by atoms with Crippen LogP contribution in [0.3, 0.4) is 0 Å². The number of imidazole rings is 1. The van der Waals surface area contributed by atoms with Crippen LogP contribution in [0.1, 0.15) is 32.0 Å². The summed E-state index contributed by atoms with van der Waals surface area (Å²) in [7, 11) is 1.75. The van der Waals surface area contributed by atoms with Crippen molar-refractivity contribution >= 4 is 11.2 Å². The number of pyridine rings is 1. The minimum absolute atomic E-state index is 0.616. The van der Waals surface area contributed by atoms with Crippen LogP contribution in [0.25, 0.3) is 11.2 Å². The number of rotatable bonds is 7. The van der Waals surface area contributed by atoms with E-state index >= 15 is 0 Å². The van der Waals surface area contributed by atoms with Gasteiger partial charge >= 0.3 is 0 Å². The zero-order chi connectivity index (χ0) is 15.4. The Hall–Kier alpha value is -1.46. The Morgan fingerprint density at radius 3 is 3.14 bits per heavy atom. The van der Waals surface area contributed by atoms with Crippen LogP contribution >= 0.6 is 0 Å². The van der Waals surface area contributed by atoms with Gasteiger partial charge in [0.1, 0.15) is 11.3 Å². The molecular formula is C17H26N4O. The van der Waals surface area contributed by atoms with Crippen molar-refractivity contribution in [2.24, 2.45) is 0 Å². The van der Waals surface area contributed by atoms with Gasteiger partial charge in [0.25, 0.3) is 0 Å². The summed E-state index contributed by atoms with van der Waals surface area (Å²) in [5.41, 5.74) is 2.04. The van der Waals surface area contributed by atoms with E-state index in [1.807, 2.05) is 12.3 Å². The minimum atomic E-state index is 0.616. The molecule has 0 saturated carbocycles. The predicted octanol–water partition coefficient (Wildman–Crippen LogP) is 2.49. The lowest BCUT2D eigenvalue weighted by Gasteiger charge is -2.24. The van der Waals surface area contributed by atoms with Crippen LogP contribution < -0.4 is 0 Å². The molecule has 1 atom stereocenters. The Morgan fingerprint density at radius 2 is 2.32 bits per heavy atom. The maximum absolute atomic E-state index is 5.18. The smallest absolute Gasteiger partial charge is 0.160 e. The van der Waals surface area contributed by atoms with Crippen molar-refractivity contribution in [1.29, 1.82) is 0 Å². The molecule has 0 spiro atoms. The first-order valence-corrected chi connectivity index (χ1v) is 8.36. The highest BCUT2D eigenvalue weighted by molar-refractivity contribution is 5.71. The van der Waals surface area contributed by atoms with Crippen LogP contribution in [0, 0.1) is 0 Å². The van der Waals surface area contributed by atoms with Crippen LogP contribution in [-0.4, -0.2) is 52.3 Å². The van der Waals surface area contributed by atoms with Crippen molar-refractivity contribution in [2.75, 3.05) is 26.8 Å². The van der Waals surface area contributed by atoms with Crippen LogP contribution in [0.5, 0.6) is 0 Å². The third-order valence-corrected chi connectivity index (χ3v) is 4.63. The van der Waals surface area contributed by atoms with Crippen molar-refractivity contribution in [2.45, 2.75) is 45.2 Å². The molecule has 1 unspecified atom stereocenters. The fraction of sp³-hybridized carbons (Fsp3) is 0.647. The highest BCUT2D eigenvalue weighted by Gasteiger charge is 2.25. The van der Waals surface area contributed by atoms with E-state index in [4.69, 9.17) is 9.72 Å². The van der Waals surface area contributed by atoms with E-state index in [9.17, 15) is 0 Å². The van der Waals surface area contributed by atoms with E-state index in [-0.39, 0.29) is 0 Å². The van der Waals surface area contributed by atoms with E-state index in [0.717, 1.165) is 49.5 Å². The van der Waals surface area contributed by atoms with Crippen molar-refractivity contribution in [3.8, 4) is 0 Å². The van der Waals surface area contributed by atoms with E-state index in [1.165, 1.54) is 19.4 Å². The molecule has 2 aromatic rings. The lowest BCUT2D eigenvalue weighted by molar-refractivity contribution is 0.194. The van der Waals surface area contributed by atoms with Crippen LogP contribution in [-0.2, 0) is 17.7 Å². The predicted molar refractivity (Wildman–Crippen MR) is 88.0 cm³/mol. The van der Waals surface area contributed by atoms with E-state index in [0.29, 0.717) is 6.04 Å². The molecule has 120 valence electrons. The molecule has 0 aromatic carbocycles. The maximum atomic E-state index is 5.18. The average molecular weight is 302 g/mol. The van der Waals surface area contributed by atoms with Gasteiger partial charge in [-0.25, -0.2) is 9.97 Å². The first-order chi connectivity index (χ1) is 10.8. The number of hydrogen-bond donors (Lipinski definition) is 0. The van der Waals surface area contributed by atoms with Gasteiger partial charge < -0.3 is 9.30 Å². The quantitative estimate of drug-likeness (QED) is 0.737. The zero-order valence-corrected chi connectivity index (χ0v) is 13.7. The van der Waals surface area contributed by atoms with Gasteiger partial charge in [-0.3, -0.25) is 4.90 Å². The Kier molecular flexibility index (Phi) is 5.05. The van der Waals surface area contributed by atoms with E-state index < -0.39 is 0 Å². The Bertz CT molecular complexity index is 610. The minimum Gasteiger partial charge on any atom is -0.385 e. The topological polar surface area (TPSA) is 43.2 Å². The van der Waals surface area contributed by atoms with Crippen molar-refractivity contribution in [3.63, 3.8) is 0 Å². The number of aryl methyl sites for hydroxylation is 1. The number of hydrogen-bond acceptors (Lipinski definition) is 4. The van der Waals surface area contributed by atoms with Gasteiger partial charge in [-0.05, 0) is 44.5 Å². The van der Waals surface area contributed by atoms with Crippen molar-refractivity contribution in [1.82, 2.24) is 19.4 Å². The number of ether oxygens (including phenoxy) is 1. The van der Waals surface area contributed by atoms with Crippen molar-refractivity contribution in [3.05, 3.63) is 24.2 Å². The monoisotopic (exact) mass is 302 g/mol. The largest absolute Gasteiger partial charge is 0.385 e. The van der Waals surface area contributed by atoms with E-state index in [1.54, 1.807) is 7.11 Å². The summed E-state index contributed by atoms with van der Waals surface area (Å²) in [6.45, 7) is 6.39. The van der Waals surface area contributed by atoms with Crippen LogP contribution in [0.15, 0.2) is 18.3 Å². The Morgan fingerprint density at radius 1 is 1.41 bits per heavy atom. The highest BCUT2D eigenvalue weighted by atomic mass is 16.5. The van der Waals surface area contributed by atoms with Gasteiger partial charge in [-0.2, -0.15) is 0 Å². The number of aromatic nitrogens is 3. The first kappa shape index (κ1) is 15.4. The lowest BCUT2D eigenvalue weighted by atomic mass is 10.2. The molecule has 0 bridgehead atoms. The third-order valence-electron chi connectivity index (χ3n) is 4.63. The summed E-state index contributed by atoms with van der Waals surface area (Å²) in [6.07, 6.45) is 6.39. The molecule has 1 saturated heterocycles. The number of nitrogens with zero attached hydrogens (tertiary/aromatic N) is 4. The third kappa shape index (κ3) is 3.15. The second kappa shape index (κ2) is 7.20. The molecule has 0 amide bonds. The summed E-state index contributed by atoms with van der Waals surface area (Å²) in [5, 5.41) is 0. The summed E-state index contributed by atoms with van der Waals surface area (Å²) in [5.74, 6) is 1.15. The second-order valence-electron chi connectivity index (χ2n) is 6.01. The number of likely N-dealkylation sites (N-methyl/N-ethyl adjacent to an activating group) is 1. The van der Waals surface area contributed by atoms with Crippen molar-refractivity contribution < 1.29 is 4.74 Å². The van der Waals surface area contributed by atoms with Gasteiger partial charge in [0.05, 0.1) is 0 Å². The molecule has 2 aromatic heterocycles. The van der Waals surface area contributed by atoms with Crippen LogP contribution in [0.4, 0.5) is 0 Å². The van der Waals surface area contributed by atoms with Crippen LogP contribution in [0.2, 0.25) is 0 Å². The summed E-state index contributed by atoms with van der Waals surface area (Å²) in [6, 6.07) is 4.64. The fourth-order valence-electron chi connectivity index (χ4n) is 3.49. The molecule has 0 N–H and O–H groups in total. The van der Waals surface area contributed by atoms with Gasteiger partial charge in [0.15, 0.2) is 5.65 Å². The molecule has 3 rings (SSSR count). The highest BCUT2D eigenvalue weighted by Crippen LogP contribution is 2.22. The lowest BCUT2D eigenvalue weighted by Crippen LogP contribution is -2.33. The summed E-state index contributed by atoms with van der Waals surface area (Å²) >= 11 is 0. The SMILES string of the molecule is CCN1CCCC1Cn1c(CCCOC)nc2cccnc21. The number of likely N-dealkylation sites (tertiary alicyclic amines) is 1. The molecule has 22 heavy (non-hydrogen) atoms. The zero-order valence-electron chi connectivity index (χ0n) is 13.7. The van der Waals surface area contributed by atoms with Gasteiger partial charge in [-0.15, -0.1) is 0 Å². The fourth-order valence-corrected chi connectivity index (χ4v) is 3.49. The summed E-state index contributed by atoms with van der Waals surface area (Å²) in [4.78, 5) is 12.0. The Labute approximate surface area is 132 Å². The molecule has 1 aliphatic rings. The molecule has 5 nitrogen and oxygen atoms in total. The first-order valence-electron chi connectivity index (χ1n) is 8.36. The molecule has 5 heteroatoms. The molecule has 0 radical (unpaired) electrons. The van der Waals surface area contributed by atoms with Gasteiger partial charge in [0, 0.05) is 38.9 Å². The molecule has 0 aliphatic carbocycles. The molecular weight excluding hydrogens is 276 g/mol. The maximum Gasteiger partial charge on any atom is 0.160 e. The average Bonchev–Trinajstić information content (AvgIpc) is 3.13. The number of methoxy groups -OCH3 is 1. The van der Waals surface area contributed by atoms with Gasteiger partial charge in [0.2, 0.25) is 0 Å². The van der Waals surface area contributed by atoms with Gasteiger partial charge in [-0.1, -0.05) is 6.92 Å². The summed E-state index contributed by atoms with van der Waals surface area (Å²) < 4.78 is 7.52. The standard InChI is InChI=1S/C17H26N4O/c1-3-20-11-5-7-14(20)13-21-16(9-6-12-22-2)19-15-8-4-10-18-17(15)21/h4,8,10,14H,3,5-7,9,11-13H2,1-2H3. The molecule has 3 heterocycles. The van der Waals surface area contributed by atoms with E-state index in [2.05, 4.69) is 27.4 Å². The molecule has 1 fully saturated rings.